The number of benzene rings is 2. The molecule has 0 aliphatic rings. The number of thioether (sulfide) groups is 1. The summed E-state index contributed by atoms with van der Waals surface area (Å²) < 4.78 is 7.36. The van der Waals surface area contributed by atoms with Crippen molar-refractivity contribution < 1.29 is 9.53 Å². The molecule has 134 valence electrons. The molecule has 0 saturated heterocycles. The molecule has 26 heavy (non-hydrogen) atoms. The smallest absolute Gasteiger partial charge is 0.196 e. The van der Waals surface area contributed by atoms with Crippen molar-refractivity contribution in [2.75, 3.05) is 12.9 Å². The zero-order valence-electron chi connectivity index (χ0n) is 15.1. The maximum Gasteiger partial charge on any atom is 0.196 e. The molecule has 0 fully saturated rings. The summed E-state index contributed by atoms with van der Waals surface area (Å²) in [6.45, 7) is 3.66. The van der Waals surface area contributed by atoms with Crippen molar-refractivity contribution in [3.63, 3.8) is 0 Å². The standard InChI is InChI=1S/C20H21N3O2S/c1-14-7-9-17(10-8-14)23-19(16-5-4-6-18(13-16)25-3)21-22-20(23)26-12-11-15(2)24/h4-10,13H,11-12H2,1-3H3. The van der Waals surface area contributed by atoms with Crippen molar-refractivity contribution in [2.24, 2.45) is 0 Å². The van der Waals surface area contributed by atoms with Crippen molar-refractivity contribution in [2.45, 2.75) is 25.4 Å². The molecule has 0 atom stereocenters. The molecular formula is C20H21N3O2S. The number of hydrogen-bond acceptors (Lipinski definition) is 5. The fourth-order valence-corrected chi connectivity index (χ4v) is 3.52. The van der Waals surface area contributed by atoms with Gasteiger partial charge in [-0.05, 0) is 38.1 Å². The van der Waals surface area contributed by atoms with Gasteiger partial charge in [-0.25, -0.2) is 0 Å². The maximum absolute atomic E-state index is 11.3. The second-order valence-corrected chi connectivity index (χ2v) is 7.07. The summed E-state index contributed by atoms with van der Waals surface area (Å²) >= 11 is 1.54. The average molecular weight is 367 g/mol. The van der Waals surface area contributed by atoms with Gasteiger partial charge in [-0.1, -0.05) is 41.6 Å². The second kappa shape index (κ2) is 8.19. The van der Waals surface area contributed by atoms with Gasteiger partial charge in [0.25, 0.3) is 0 Å². The van der Waals surface area contributed by atoms with E-state index in [1.54, 1.807) is 14.0 Å². The number of aryl methyl sites for hydroxylation is 1. The third kappa shape index (κ3) is 4.14. The molecule has 1 heterocycles. The van der Waals surface area contributed by atoms with Gasteiger partial charge < -0.3 is 4.74 Å². The first-order chi connectivity index (χ1) is 12.6. The minimum Gasteiger partial charge on any atom is -0.497 e. The average Bonchev–Trinajstić information content (AvgIpc) is 3.06. The van der Waals surface area contributed by atoms with E-state index in [4.69, 9.17) is 4.74 Å². The molecule has 2 aromatic carbocycles. The number of hydrogen-bond donors (Lipinski definition) is 0. The van der Waals surface area contributed by atoms with Gasteiger partial charge in [0.05, 0.1) is 7.11 Å². The Kier molecular flexibility index (Phi) is 5.73. The van der Waals surface area contributed by atoms with E-state index in [2.05, 4.69) is 41.4 Å². The van der Waals surface area contributed by atoms with Gasteiger partial charge in [-0.3, -0.25) is 9.36 Å². The summed E-state index contributed by atoms with van der Waals surface area (Å²) in [4.78, 5) is 11.3. The maximum atomic E-state index is 11.3. The van der Waals surface area contributed by atoms with Crippen LogP contribution in [0.25, 0.3) is 17.1 Å². The Morgan fingerprint density at radius 1 is 1.15 bits per heavy atom. The number of Topliss-reactive ketones (excluding diaryl/α,β-unsaturated/α-hetero) is 1. The predicted octanol–water partition coefficient (Wildman–Crippen LogP) is 4.32. The van der Waals surface area contributed by atoms with Gasteiger partial charge >= 0.3 is 0 Å². The molecule has 6 heteroatoms. The van der Waals surface area contributed by atoms with Crippen LogP contribution in [0.2, 0.25) is 0 Å². The molecule has 0 saturated carbocycles. The molecule has 0 bridgehead atoms. The number of ether oxygens (including phenoxy) is 1. The van der Waals surface area contributed by atoms with Crippen LogP contribution in [0.3, 0.4) is 0 Å². The van der Waals surface area contributed by atoms with Gasteiger partial charge in [0.1, 0.15) is 11.5 Å². The molecule has 0 aliphatic heterocycles. The van der Waals surface area contributed by atoms with E-state index < -0.39 is 0 Å². The van der Waals surface area contributed by atoms with Gasteiger partial charge in [0.2, 0.25) is 0 Å². The summed E-state index contributed by atoms with van der Waals surface area (Å²) in [6.07, 6.45) is 0.514. The zero-order valence-corrected chi connectivity index (χ0v) is 15.9. The minimum absolute atomic E-state index is 0.173. The van der Waals surface area contributed by atoms with Gasteiger partial charge in [0, 0.05) is 23.4 Å². The van der Waals surface area contributed by atoms with Crippen LogP contribution in [-0.4, -0.2) is 33.4 Å². The van der Waals surface area contributed by atoms with Crippen molar-refractivity contribution in [1.29, 1.82) is 0 Å². The number of rotatable bonds is 7. The zero-order chi connectivity index (χ0) is 18.5. The van der Waals surface area contributed by atoms with Crippen LogP contribution in [0.4, 0.5) is 0 Å². The van der Waals surface area contributed by atoms with Crippen LogP contribution in [0.1, 0.15) is 18.9 Å². The highest BCUT2D eigenvalue weighted by molar-refractivity contribution is 7.99. The molecule has 3 rings (SSSR count). The largest absolute Gasteiger partial charge is 0.497 e. The first kappa shape index (κ1) is 18.2. The van der Waals surface area contributed by atoms with E-state index in [1.165, 1.54) is 17.3 Å². The number of ketones is 1. The van der Waals surface area contributed by atoms with Gasteiger partial charge in [-0.2, -0.15) is 0 Å². The van der Waals surface area contributed by atoms with Gasteiger partial charge in [-0.15, -0.1) is 10.2 Å². The van der Waals surface area contributed by atoms with E-state index in [0.29, 0.717) is 12.2 Å². The minimum atomic E-state index is 0.173. The lowest BCUT2D eigenvalue weighted by Gasteiger charge is -2.11. The molecule has 0 radical (unpaired) electrons. The number of carbonyl (C=O) groups is 1. The molecule has 0 unspecified atom stereocenters. The quantitative estimate of drug-likeness (QED) is 0.582. The summed E-state index contributed by atoms with van der Waals surface area (Å²) in [5.74, 6) is 2.37. The number of aromatic nitrogens is 3. The molecular weight excluding hydrogens is 346 g/mol. The molecule has 0 amide bonds. The van der Waals surface area contributed by atoms with E-state index >= 15 is 0 Å². The van der Waals surface area contributed by atoms with Crippen LogP contribution in [-0.2, 0) is 4.79 Å². The van der Waals surface area contributed by atoms with Crippen molar-refractivity contribution in [3.05, 3.63) is 54.1 Å². The van der Waals surface area contributed by atoms with Crippen LogP contribution in [0, 0.1) is 6.92 Å². The predicted molar refractivity (Wildman–Crippen MR) is 104 cm³/mol. The third-order valence-electron chi connectivity index (χ3n) is 3.94. The Balaban J connectivity index is 2.04. The fraction of sp³-hybridized carbons (Fsp3) is 0.250. The third-order valence-corrected chi connectivity index (χ3v) is 4.87. The highest BCUT2D eigenvalue weighted by Gasteiger charge is 2.16. The molecule has 0 spiro atoms. The monoisotopic (exact) mass is 367 g/mol. The van der Waals surface area contributed by atoms with Crippen LogP contribution < -0.4 is 4.74 Å². The molecule has 5 nitrogen and oxygen atoms in total. The van der Waals surface area contributed by atoms with E-state index in [0.717, 1.165) is 28.0 Å². The number of nitrogens with zero attached hydrogens (tertiary/aromatic N) is 3. The lowest BCUT2D eigenvalue weighted by atomic mass is 10.2. The summed E-state index contributed by atoms with van der Waals surface area (Å²) in [5.41, 5.74) is 3.11. The second-order valence-electron chi connectivity index (χ2n) is 6.01. The van der Waals surface area contributed by atoms with Gasteiger partial charge in [0.15, 0.2) is 11.0 Å². The molecule has 0 N–H and O–H groups in total. The van der Waals surface area contributed by atoms with Crippen molar-refractivity contribution >= 4 is 17.5 Å². The molecule has 0 aliphatic carbocycles. The molecule has 1 aromatic heterocycles. The summed E-state index contributed by atoms with van der Waals surface area (Å²) in [7, 11) is 1.65. The van der Waals surface area contributed by atoms with E-state index in [-0.39, 0.29) is 5.78 Å². The number of carbonyl (C=O) groups excluding carboxylic acids is 1. The fourth-order valence-electron chi connectivity index (χ4n) is 2.53. The Hall–Kier alpha value is -2.60. The van der Waals surface area contributed by atoms with Crippen molar-refractivity contribution in [1.82, 2.24) is 14.8 Å². The van der Waals surface area contributed by atoms with Crippen LogP contribution in [0.15, 0.2) is 53.7 Å². The normalized spacial score (nSPS) is 10.7. The first-order valence-corrected chi connectivity index (χ1v) is 9.36. The number of methoxy groups -OCH3 is 1. The lowest BCUT2D eigenvalue weighted by molar-refractivity contribution is -0.116. The molecule has 3 aromatic rings. The Morgan fingerprint density at radius 2 is 1.92 bits per heavy atom. The Labute approximate surface area is 157 Å². The highest BCUT2D eigenvalue weighted by atomic mass is 32.2. The Bertz CT molecular complexity index is 904. The van der Waals surface area contributed by atoms with Crippen LogP contribution >= 0.6 is 11.8 Å². The SMILES string of the molecule is COc1cccc(-c2nnc(SCCC(C)=O)n2-c2ccc(C)cc2)c1. The topological polar surface area (TPSA) is 57.0 Å². The summed E-state index contributed by atoms with van der Waals surface area (Å²) in [5, 5.41) is 9.55. The Morgan fingerprint density at radius 3 is 2.62 bits per heavy atom. The summed E-state index contributed by atoms with van der Waals surface area (Å²) in [6, 6.07) is 16.0. The van der Waals surface area contributed by atoms with Crippen molar-refractivity contribution in [3.8, 4) is 22.8 Å². The lowest BCUT2D eigenvalue weighted by Crippen LogP contribution is -2.01. The first-order valence-electron chi connectivity index (χ1n) is 8.37. The van der Waals surface area contributed by atoms with E-state index in [1.807, 2.05) is 28.8 Å². The van der Waals surface area contributed by atoms with E-state index in [9.17, 15) is 4.79 Å². The highest BCUT2D eigenvalue weighted by Crippen LogP contribution is 2.30. The van der Waals surface area contributed by atoms with Crippen LogP contribution in [0.5, 0.6) is 5.75 Å².